The zero-order chi connectivity index (χ0) is 14.0. The predicted octanol–water partition coefficient (Wildman–Crippen LogP) is 3.56. The molecule has 19 heavy (non-hydrogen) atoms. The van der Waals surface area contributed by atoms with E-state index >= 15 is 0 Å². The van der Waals surface area contributed by atoms with Gasteiger partial charge in [0, 0.05) is 5.69 Å². The van der Waals surface area contributed by atoms with E-state index in [4.69, 9.17) is 10.5 Å². The molecule has 2 N–H and O–H groups in total. The van der Waals surface area contributed by atoms with Crippen molar-refractivity contribution in [2.75, 3.05) is 5.73 Å². The van der Waals surface area contributed by atoms with Crippen LogP contribution in [-0.2, 0) is 4.74 Å². The van der Waals surface area contributed by atoms with Gasteiger partial charge in [0.1, 0.15) is 6.10 Å². The molecule has 1 aromatic carbocycles. The average molecular weight is 261 g/mol. The third kappa shape index (κ3) is 3.49. The lowest BCUT2D eigenvalue weighted by molar-refractivity contribution is 0.00816. The Morgan fingerprint density at radius 1 is 1.21 bits per heavy atom. The molecule has 3 heteroatoms. The smallest absolute Gasteiger partial charge is 0.340 e. The van der Waals surface area contributed by atoms with Crippen LogP contribution in [0.3, 0.4) is 0 Å². The number of nitrogens with two attached hydrogens (primary N) is 1. The fraction of sp³-hybridized carbons (Fsp3) is 0.562. The van der Waals surface area contributed by atoms with Gasteiger partial charge < -0.3 is 10.5 Å². The van der Waals surface area contributed by atoms with Crippen molar-refractivity contribution in [3.05, 3.63) is 29.3 Å². The molecule has 2 atom stereocenters. The van der Waals surface area contributed by atoms with Crippen molar-refractivity contribution in [3.63, 3.8) is 0 Å². The molecule has 1 fully saturated rings. The highest BCUT2D eigenvalue weighted by Crippen LogP contribution is 2.31. The molecule has 0 radical (unpaired) electrons. The second kappa shape index (κ2) is 5.64. The Morgan fingerprint density at radius 3 is 2.47 bits per heavy atom. The molecule has 3 nitrogen and oxygen atoms in total. The molecule has 1 aliphatic rings. The highest BCUT2D eigenvalue weighted by molar-refractivity contribution is 5.95. The molecule has 0 saturated heterocycles. The Bertz CT molecular complexity index is 460. The van der Waals surface area contributed by atoms with Gasteiger partial charge in [0.2, 0.25) is 0 Å². The summed E-state index contributed by atoms with van der Waals surface area (Å²) in [4.78, 5) is 12.2. The van der Waals surface area contributed by atoms with Gasteiger partial charge >= 0.3 is 5.97 Å². The maximum atomic E-state index is 12.2. The van der Waals surface area contributed by atoms with Crippen molar-refractivity contribution in [2.45, 2.75) is 46.1 Å². The number of ether oxygens (including phenoxy) is 1. The quantitative estimate of drug-likeness (QED) is 0.654. The van der Waals surface area contributed by atoms with Gasteiger partial charge in [0.25, 0.3) is 0 Å². The second-order valence-electron chi connectivity index (χ2n) is 6.04. The zero-order valence-corrected chi connectivity index (χ0v) is 12.0. The minimum atomic E-state index is -0.285. The Kier molecular flexibility index (Phi) is 4.13. The number of benzene rings is 1. The summed E-state index contributed by atoms with van der Waals surface area (Å²) in [6, 6.07) is 5.46. The summed E-state index contributed by atoms with van der Waals surface area (Å²) in [6.07, 6.45) is 3.18. The monoisotopic (exact) mass is 261 g/mol. The molecule has 104 valence electrons. The van der Waals surface area contributed by atoms with Gasteiger partial charge in [0.05, 0.1) is 5.56 Å². The number of carbonyl (C=O) groups is 1. The van der Waals surface area contributed by atoms with Gasteiger partial charge in [-0.25, -0.2) is 4.79 Å². The highest BCUT2D eigenvalue weighted by atomic mass is 16.5. The topological polar surface area (TPSA) is 52.3 Å². The van der Waals surface area contributed by atoms with Gasteiger partial charge in [-0.3, -0.25) is 0 Å². The van der Waals surface area contributed by atoms with E-state index in [1.165, 1.54) is 6.42 Å². The first kappa shape index (κ1) is 13.9. The van der Waals surface area contributed by atoms with E-state index in [9.17, 15) is 4.79 Å². The van der Waals surface area contributed by atoms with E-state index in [1.54, 1.807) is 12.1 Å². The Hall–Kier alpha value is -1.51. The fourth-order valence-electron chi connectivity index (χ4n) is 3.03. The first-order valence-electron chi connectivity index (χ1n) is 7.02. The van der Waals surface area contributed by atoms with Crippen LogP contribution in [0.25, 0.3) is 0 Å². The lowest BCUT2D eigenvalue weighted by Crippen LogP contribution is -2.28. The lowest BCUT2D eigenvalue weighted by atomic mass is 9.82. The minimum absolute atomic E-state index is 0.0335. The molecule has 0 spiro atoms. The molecule has 2 rings (SSSR count). The van der Waals surface area contributed by atoms with Crippen LogP contribution in [-0.4, -0.2) is 12.1 Å². The number of anilines is 1. The molecule has 0 heterocycles. The number of nitrogen functional groups attached to an aromatic ring is 1. The van der Waals surface area contributed by atoms with Crippen LogP contribution in [0, 0.1) is 18.8 Å². The van der Waals surface area contributed by atoms with Gasteiger partial charge in [-0.2, -0.15) is 0 Å². The Morgan fingerprint density at radius 2 is 1.84 bits per heavy atom. The Balaban J connectivity index is 2.06. The molecule has 0 amide bonds. The van der Waals surface area contributed by atoms with Crippen molar-refractivity contribution in [1.82, 2.24) is 0 Å². The van der Waals surface area contributed by atoms with Crippen LogP contribution in [0.1, 0.15) is 49.0 Å². The summed E-state index contributed by atoms with van der Waals surface area (Å²) in [5, 5.41) is 0. The van der Waals surface area contributed by atoms with E-state index < -0.39 is 0 Å². The molecule has 2 unspecified atom stereocenters. The summed E-state index contributed by atoms with van der Waals surface area (Å²) < 4.78 is 5.64. The van der Waals surface area contributed by atoms with Gasteiger partial charge in [-0.15, -0.1) is 0 Å². The molecule has 1 aliphatic carbocycles. The van der Waals surface area contributed by atoms with Crippen LogP contribution in [0.5, 0.6) is 0 Å². The number of rotatable bonds is 2. The average Bonchev–Trinajstić information content (AvgIpc) is 2.30. The number of carbonyl (C=O) groups excluding carboxylic acids is 1. The Labute approximate surface area is 115 Å². The fourth-order valence-corrected chi connectivity index (χ4v) is 3.03. The van der Waals surface area contributed by atoms with E-state index in [-0.39, 0.29) is 12.1 Å². The third-order valence-corrected chi connectivity index (χ3v) is 3.84. The van der Waals surface area contributed by atoms with Crippen molar-refractivity contribution in [3.8, 4) is 0 Å². The van der Waals surface area contributed by atoms with E-state index in [0.29, 0.717) is 23.1 Å². The molecule has 0 aromatic heterocycles. The van der Waals surface area contributed by atoms with Crippen LogP contribution in [0.2, 0.25) is 0 Å². The van der Waals surface area contributed by atoms with Crippen molar-refractivity contribution in [1.29, 1.82) is 0 Å². The molecular weight excluding hydrogens is 238 g/mol. The maximum Gasteiger partial charge on any atom is 0.340 e. The van der Waals surface area contributed by atoms with Crippen molar-refractivity contribution < 1.29 is 9.53 Å². The number of aryl methyl sites for hydroxylation is 1. The molecule has 0 aliphatic heterocycles. The number of esters is 1. The number of hydrogen-bond acceptors (Lipinski definition) is 3. The van der Waals surface area contributed by atoms with Crippen LogP contribution in [0.4, 0.5) is 5.69 Å². The van der Waals surface area contributed by atoms with E-state index in [1.807, 2.05) is 13.0 Å². The van der Waals surface area contributed by atoms with Gasteiger partial charge in [-0.1, -0.05) is 25.5 Å². The standard InChI is InChI=1S/C16H23NO2/c1-10-4-5-15(17)14(9-10)16(18)19-13-7-11(2)6-12(3)8-13/h4-5,9,11-13H,6-8,17H2,1-3H3. The normalized spacial score (nSPS) is 27.0. The van der Waals surface area contributed by atoms with E-state index in [0.717, 1.165) is 18.4 Å². The van der Waals surface area contributed by atoms with Crippen LogP contribution >= 0.6 is 0 Å². The maximum absolute atomic E-state index is 12.2. The van der Waals surface area contributed by atoms with Crippen LogP contribution in [0.15, 0.2) is 18.2 Å². The summed E-state index contributed by atoms with van der Waals surface area (Å²) in [6.45, 7) is 6.38. The van der Waals surface area contributed by atoms with Crippen molar-refractivity contribution in [2.24, 2.45) is 11.8 Å². The first-order chi connectivity index (χ1) is 8.95. The molecule has 1 aromatic rings. The summed E-state index contributed by atoms with van der Waals surface area (Å²) in [7, 11) is 0. The van der Waals surface area contributed by atoms with Gasteiger partial charge in [-0.05, 0) is 50.2 Å². The molecule has 0 bridgehead atoms. The largest absolute Gasteiger partial charge is 0.459 e. The van der Waals surface area contributed by atoms with E-state index in [2.05, 4.69) is 13.8 Å². The second-order valence-corrected chi connectivity index (χ2v) is 6.04. The third-order valence-electron chi connectivity index (χ3n) is 3.84. The zero-order valence-electron chi connectivity index (χ0n) is 12.0. The van der Waals surface area contributed by atoms with Crippen LogP contribution < -0.4 is 5.73 Å². The summed E-state index contributed by atoms with van der Waals surface area (Å²) in [5.41, 5.74) is 7.85. The SMILES string of the molecule is Cc1ccc(N)c(C(=O)OC2CC(C)CC(C)C2)c1. The van der Waals surface area contributed by atoms with Gasteiger partial charge in [0.15, 0.2) is 0 Å². The first-order valence-corrected chi connectivity index (χ1v) is 7.02. The number of hydrogen-bond donors (Lipinski definition) is 1. The molecule has 1 saturated carbocycles. The summed E-state index contributed by atoms with van der Waals surface area (Å²) >= 11 is 0. The predicted molar refractivity (Wildman–Crippen MR) is 77.0 cm³/mol. The highest BCUT2D eigenvalue weighted by Gasteiger charge is 2.27. The van der Waals surface area contributed by atoms with Crippen molar-refractivity contribution >= 4 is 11.7 Å². The summed E-state index contributed by atoms with van der Waals surface area (Å²) in [5.74, 6) is 0.959. The lowest BCUT2D eigenvalue weighted by Gasteiger charge is -2.31. The minimum Gasteiger partial charge on any atom is -0.459 e. The molecular formula is C16H23NO2.